The minimum Gasteiger partial charge on any atom is -0.370 e. The van der Waals surface area contributed by atoms with Gasteiger partial charge in [-0.3, -0.25) is 4.98 Å². The van der Waals surface area contributed by atoms with E-state index < -0.39 is 0 Å². The van der Waals surface area contributed by atoms with Crippen LogP contribution in [0.1, 0.15) is 32.3 Å². The summed E-state index contributed by atoms with van der Waals surface area (Å²) < 4.78 is 0. The summed E-state index contributed by atoms with van der Waals surface area (Å²) in [5.74, 6) is 0.543. The van der Waals surface area contributed by atoms with E-state index in [0.717, 1.165) is 11.3 Å². The molecule has 1 rings (SSSR count). The highest BCUT2D eigenvalue weighted by Crippen LogP contribution is 2.22. The molecule has 84 valence electrons. The number of halogens is 1. The van der Waals surface area contributed by atoms with Crippen molar-refractivity contribution in [2.75, 3.05) is 11.9 Å². The van der Waals surface area contributed by atoms with Gasteiger partial charge in [-0.25, -0.2) is 0 Å². The summed E-state index contributed by atoms with van der Waals surface area (Å²) in [6, 6.07) is 2.51. The summed E-state index contributed by atoms with van der Waals surface area (Å²) in [4.78, 5) is 6.41. The molecule has 0 saturated carbocycles. The molecule has 1 aromatic rings. The van der Waals surface area contributed by atoms with Crippen LogP contribution in [0.25, 0.3) is 0 Å². The van der Waals surface area contributed by atoms with Gasteiger partial charge in [0, 0.05) is 25.2 Å². The van der Waals surface area contributed by atoms with Crippen LogP contribution >= 0.6 is 11.6 Å². The molecule has 0 spiro atoms. The van der Waals surface area contributed by atoms with E-state index in [9.17, 15) is 0 Å². The SMILES string of the molecule is CCCC(C)N(C)c1cnccc1CCl. The van der Waals surface area contributed by atoms with Gasteiger partial charge in [-0.2, -0.15) is 0 Å². The van der Waals surface area contributed by atoms with E-state index in [1.807, 2.05) is 12.3 Å². The molecule has 0 radical (unpaired) electrons. The number of rotatable bonds is 5. The van der Waals surface area contributed by atoms with Gasteiger partial charge in [0.25, 0.3) is 0 Å². The largest absolute Gasteiger partial charge is 0.370 e. The molecule has 1 atom stereocenters. The van der Waals surface area contributed by atoms with Crippen molar-refractivity contribution in [1.82, 2.24) is 4.98 Å². The van der Waals surface area contributed by atoms with Crippen LogP contribution in [0.2, 0.25) is 0 Å². The van der Waals surface area contributed by atoms with Gasteiger partial charge in [0.15, 0.2) is 0 Å². The van der Waals surface area contributed by atoms with Gasteiger partial charge in [-0.05, 0) is 25.0 Å². The van der Waals surface area contributed by atoms with E-state index in [1.165, 1.54) is 12.8 Å². The zero-order valence-corrected chi connectivity index (χ0v) is 10.5. The molecule has 0 saturated heterocycles. The molecule has 3 heteroatoms. The zero-order valence-electron chi connectivity index (χ0n) is 9.70. The summed E-state index contributed by atoms with van der Waals surface area (Å²) in [6.45, 7) is 4.44. The maximum absolute atomic E-state index is 5.90. The molecule has 0 bridgehead atoms. The molecule has 0 aromatic carbocycles. The highest BCUT2D eigenvalue weighted by molar-refractivity contribution is 6.17. The van der Waals surface area contributed by atoms with E-state index in [4.69, 9.17) is 11.6 Å². The van der Waals surface area contributed by atoms with E-state index in [0.29, 0.717) is 11.9 Å². The van der Waals surface area contributed by atoms with Gasteiger partial charge in [-0.15, -0.1) is 11.6 Å². The fourth-order valence-electron chi connectivity index (χ4n) is 1.69. The fraction of sp³-hybridized carbons (Fsp3) is 0.583. The normalized spacial score (nSPS) is 12.5. The van der Waals surface area contributed by atoms with Crippen molar-refractivity contribution >= 4 is 17.3 Å². The molecule has 0 fully saturated rings. The average molecular weight is 227 g/mol. The number of alkyl halides is 1. The maximum atomic E-state index is 5.90. The molecule has 0 aliphatic heterocycles. The Labute approximate surface area is 97.3 Å². The molecule has 1 unspecified atom stereocenters. The third-order valence-electron chi connectivity index (χ3n) is 2.78. The minimum absolute atomic E-state index is 0.529. The topological polar surface area (TPSA) is 16.1 Å². The van der Waals surface area contributed by atoms with E-state index in [2.05, 4.69) is 30.8 Å². The lowest BCUT2D eigenvalue weighted by atomic mass is 10.1. The van der Waals surface area contributed by atoms with Crippen LogP contribution in [0.15, 0.2) is 18.5 Å². The van der Waals surface area contributed by atoms with Crippen LogP contribution in [0.3, 0.4) is 0 Å². The van der Waals surface area contributed by atoms with Crippen molar-refractivity contribution in [3.8, 4) is 0 Å². The molecule has 0 N–H and O–H groups in total. The maximum Gasteiger partial charge on any atom is 0.0597 e. The Morgan fingerprint density at radius 3 is 2.87 bits per heavy atom. The highest BCUT2D eigenvalue weighted by atomic mass is 35.5. The van der Waals surface area contributed by atoms with Gasteiger partial charge >= 0.3 is 0 Å². The second-order valence-corrected chi connectivity index (χ2v) is 4.15. The molecule has 1 aromatic heterocycles. The summed E-state index contributed by atoms with van der Waals surface area (Å²) in [5.41, 5.74) is 2.30. The van der Waals surface area contributed by atoms with E-state index >= 15 is 0 Å². The first kappa shape index (κ1) is 12.3. The molecule has 0 amide bonds. The number of nitrogens with zero attached hydrogens (tertiary/aromatic N) is 2. The predicted molar refractivity (Wildman–Crippen MR) is 66.6 cm³/mol. The minimum atomic E-state index is 0.529. The molecule has 1 heterocycles. The fourth-order valence-corrected chi connectivity index (χ4v) is 1.92. The first-order valence-corrected chi connectivity index (χ1v) is 5.95. The number of aromatic nitrogens is 1. The third kappa shape index (κ3) is 3.10. The Hall–Kier alpha value is -0.760. The number of hydrogen-bond donors (Lipinski definition) is 0. The van der Waals surface area contributed by atoms with Gasteiger partial charge < -0.3 is 4.90 Å². The van der Waals surface area contributed by atoms with Crippen molar-refractivity contribution in [1.29, 1.82) is 0 Å². The molecule has 15 heavy (non-hydrogen) atoms. The first-order valence-electron chi connectivity index (χ1n) is 5.42. The summed E-state index contributed by atoms with van der Waals surface area (Å²) in [6.07, 6.45) is 6.07. The first-order chi connectivity index (χ1) is 7.20. The number of hydrogen-bond acceptors (Lipinski definition) is 2. The molecular weight excluding hydrogens is 208 g/mol. The van der Waals surface area contributed by atoms with Crippen LogP contribution in [0, 0.1) is 0 Å². The van der Waals surface area contributed by atoms with Crippen molar-refractivity contribution in [2.45, 2.75) is 38.6 Å². The van der Waals surface area contributed by atoms with Crippen molar-refractivity contribution in [3.05, 3.63) is 24.0 Å². The number of anilines is 1. The van der Waals surface area contributed by atoms with Crippen LogP contribution in [-0.4, -0.2) is 18.1 Å². The van der Waals surface area contributed by atoms with Crippen molar-refractivity contribution in [2.24, 2.45) is 0 Å². The van der Waals surface area contributed by atoms with Gasteiger partial charge in [0.2, 0.25) is 0 Å². The quantitative estimate of drug-likeness (QED) is 0.715. The lowest BCUT2D eigenvalue weighted by Gasteiger charge is -2.28. The van der Waals surface area contributed by atoms with Gasteiger partial charge in [0.05, 0.1) is 11.9 Å². The van der Waals surface area contributed by atoms with Crippen molar-refractivity contribution < 1.29 is 0 Å². The summed E-state index contributed by atoms with van der Waals surface area (Å²) >= 11 is 5.90. The van der Waals surface area contributed by atoms with Crippen LogP contribution in [-0.2, 0) is 5.88 Å². The van der Waals surface area contributed by atoms with Gasteiger partial charge in [-0.1, -0.05) is 13.3 Å². The molecule has 0 aliphatic rings. The summed E-state index contributed by atoms with van der Waals surface area (Å²) in [5, 5.41) is 0. The Kier molecular flexibility index (Phi) is 4.89. The van der Waals surface area contributed by atoms with Crippen LogP contribution < -0.4 is 4.90 Å². The Bertz CT molecular complexity index is 301. The predicted octanol–water partition coefficient (Wildman–Crippen LogP) is 3.45. The second kappa shape index (κ2) is 5.96. The smallest absolute Gasteiger partial charge is 0.0597 e. The lowest BCUT2D eigenvalue weighted by Crippen LogP contribution is -2.29. The van der Waals surface area contributed by atoms with Crippen molar-refractivity contribution in [3.63, 3.8) is 0 Å². The number of pyridine rings is 1. The second-order valence-electron chi connectivity index (χ2n) is 3.89. The van der Waals surface area contributed by atoms with Crippen LogP contribution in [0.4, 0.5) is 5.69 Å². The third-order valence-corrected chi connectivity index (χ3v) is 3.07. The summed E-state index contributed by atoms with van der Waals surface area (Å²) in [7, 11) is 2.10. The monoisotopic (exact) mass is 226 g/mol. The molecular formula is C12H19ClN2. The van der Waals surface area contributed by atoms with Crippen LogP contribution in [0.5, 0.6) is 0 Å². The Morgan fingerprint density at radius 1 is 1.53 bits per heavy atom. The average Bonchev–Trinajstić information content (AvgIpc) is 2.28. The standard InChI is InChI=1S/C12H19ClN2/c1-4-5-10(2)15(3)12-9-14-7-6-11(12)8-13/h6-7,9-10H,4-5,8H2,1-3H3. The zero-order chi connectivity index (χ0) is 11.3. The van der Waals surface area contributed by atoms with E-state index in [-0.39, 0.29) is 0 Å². The van der Waals surface area contributed by atoms with Gasteiger partial charge in [0.1, 0.15) is 0 Å². The highest BCUT2D eigenvalue weighted by Gasteiger charge is 2.12. The molecule has 0 aliphatic carbocycles. The molecule has 2 nitrogen and oxygen atoms in total. The Morgan fingerprint density at radius 2 is 2.27 bits per heavy atom. The lowest BCUT2D eigenvalue weighted by molar-refractivity contribution is 0.614. The van der Waals surface area contributed by atoms with E-state index in [1.54, 1.807) is 6.20 Å². The Balaban J connectivity index is 2.84.